The minimum Gasteiger partial charge on any atom is -0.383 e. The standard InChI is InChI=1S/C22H24ClN5O2S/c1-30-13-16-11-27(8-2-3-17-5-7-20(23)31-17)12-21(29)28(16)10-15-4-6-18-19(9-15)25-14-26-22(18)24/h2-7,9,14,16H,8,10-13H2,1H3,(H2,24,25,26). The lowest BCUT2D eigenvalue weighted by atomic mass is 10.1. The van der Waals surface area contributed by atoms with E-state index in [1.165, 1.54) is 17.7 Å². The summed E-state index contributed by atoms with van der Waals surface area (Å²) >= 11 is 7.52. The number of ether oxygens (including phenoxy) is 1. The van der Waals surface area contributed by atoms with Gasteiger partial charge in [0, 0.05) is 37.0 Å². The van der Waals surface area contributed by atoms with Crippen molar-refractivity contribution in [3.63, 3.8) is 0 Å². The third-order valence-corrected chi connectivity index (χ3v) is 6.47. The number of nitrogens with two attached hydrogens (primary N) is 1. The summed E-state index contributed by atoms with van der Waals surface area (Å²) in [6, 6.07) is 9.69. The highest BCUT2D eigenvalue weighted by molar-refractivity contribution is 7.16. The molecule has 1 aromatic carbocycles. The van der Waals surface area contributed by atoms with Crippen LogP contribution in [-0.4, -0.2) is 65.1 Å². The molecule has 1 saturated heterocycles. The number of carbonyl (C=O) groups is 1. The first-order chi connectivity index (χ1) is 15.0. The molecule has 0 saturated carbocycles. The molecule has 0 spiro atoms. The average Bonchev–Trinajstić information content (AvgIpc) is 3.16. The van der Waals surface area contributed by atoms with Gasteiger partial charge in [-0.25, -0.2) is 9.97 Å². The summed E-state index contributed by atoms with van der Waals surface area (Å²) in [5.41, 5.74) is 7.70. The van der Waals surface area contributed by atoms with Crippen LogP contribution in [0.2, 0.25) is 4.34 Å². The van der Waals surface area contributed by atoms with E-state index in [-0.39, 0.29) is 11.9 Å². The van der Waals surface area contributed by atoms with Crippen molar-refractivity contribution in [3.05, 3.63) is 57.5 Å². The van der Waals surface area contributed by atoms with E-state index in [0.29, 0.717) is 32.1 Å². The first-order valence-electron chi connectivity index (χ1n) is 9.95. The van der Waals surface area contributed by atoms with Gasteiger partial charge in [-0.2, -0.15) is 0 Å². The Morgan fingerprint density at radius 2 is 2.19 bits per heavy atom. The number of nitrogens with zero attached hydrogens (tertiary/aromatic N) is 4. The zero-order valence-electron chi connectivity index (χ0n) is 17.2. The average molecular weight is 458 g/mol. The van der Waals surface area contributed by atoms with Crippen molar-refractivity contribution in [2.75, 3.05) is 39.1 Å². The number of hydrogen-bond acceptors (Lipinski definition) is 7. The number of thiophene rings is 1. The molecule has 1 atom stereocenters. The van der Waals surface area contributed by atoms with Crippen LogP contribution < -0.4 is 5.73 Å². The summed E-state index contributed by atoms with van der Waals surface area (Å²) in [5.74, 6) is 0.541. The zero-order valence-corrected chi connectivity index (χ0v) is 18.8. The first kappa shape index (κ1) is 21.7. The number of amides is 1. The molecule has 1 aliphatic heterocycles. The molecular weight excluding hydrogens is 434 g/mol. The highest BCUT2D eigenvalue weighted by atomic mass is 35.5. The van der Waals surface area contributed by atoms with E-state index in [1.54, 1.807) is 7.11 Å². The van der Waals surface area contributed by atoms with E-state index >= 15 is 0 Å². The van der Waals surface area contributed by atoms with Gasteiger partial charge in [-0.05, 0) is 35.9 Å². The third-order valence-electron chi connectivity index (χ3n) is 5.27. The molecule has 7 nitrogen and oxygen atoms in total. The first-order valence-corrected chi connectivity index (χ1v) is 11.1. The van der Waals surface area contributed by atoms with Gasteiger partial charge >= 0.3 is 0 Å². The largest absolute Gasteiger partial charge is 0.383 e. The van der Waals surface area contributed by atoms with Gasteiger partial charge in [0.1, 0.15) is 12.1 Å². The number of anilines is 1. The molecule has 2 N–H and O–H groups in total. The zero-order chi connectivity index (χ0) is 21.8. The molecule has 0 aliphatic carbocycles. The van der Waals surface area contributed by atoms with E-state index in [2.05, 4.69) is 20.9 Å². The number of nitrogen functional groups attached to an aromatic ring is 1. The molecule has 2 aromatic heterocycles. The van der Waals surface area contributed by atoms with Crippen LogP contribution in [0.4, 0.5) is 5.82 Å². The fourth-order valence-corrected chi connectivity index (χ4v) is 4.78. The molecule has 1 aliphatic rings. The number of halogens is 1. The van der Waals surface area contributed by atoms with Gasteiger partial charge in [0.25, 0.3) is 0 Å². The van der Waals surface area contributed by atoms with Gasteiger partial charge in [0.15, 0.2) is 0 Å². The summed E-state index contributed by atoms with van der Waals surface area (Å²) in [6.07, 6.45) is 5.57. The third kappa shape index (κ3) is 5.22. The maximum absolute atomic E-state index is 13.0. The van der Waals surface area contributed by atoms with Gasteiger partial charge in [0.05, 0.1) is 29.0 Å². The summed E-state index contributed by atoms with van der Waals surface area (Å²) in [4.78, 5) is 26.5. The van der Waals surface area contributed by atoms with E-state index in [4.69, 9.17) is 22.1 Å². The van der Waals surface area contributed by atoms with Crippen LogP contribution >= 0.6 is 22.9 Å². The molecule has 1 amide bonds. The van der Waals surface area contributed by atoms with Crippen LogP contribution in [0.25, 0.3) is 17.0 Å². The van der Waals surface area contributed by atoms with Crippen LogP contribution in [0.3, 0.4) is 0 Å². The quantitative estimate of drug-likeness (QED) is 0.586. The van der Waals surface area contributed by atoms with Crippen LogP contribution in [-0.2, 0) is 16.1 Å². The molecule has 0 bridgehead atoms. The number of piperazine rings is 1. The van der Waals surface area contributed by atoms with Crippen LogP contribution in [0.5, 0.6) is 0 Å². The fraction of sp³-hybridized carbons (Fsp3) is 0.318. The Balaban J connectivity index is 1.44. The lowest BCUT2D eigenvalue weighted by Gasteiger charge is -2.40. The normalized spacial score (nSPS) is 17.8. The highest BCUT2D eigenvalue weighted by Gasteiger charge is 2.32. The summed E-state index contributed by atoms with van der Waals surface area (Å²) in [7, 11) is 1.66. The van der Waals surface area contributed by atoms with Gasteiger partial charge in [-0.15, -0.1) is 11.3 Å². The molecule has 1 unspecified atom stereocenters. The Morgan fingerprint density at radius 3 is 2.97 bits per heavy atom. The van der Waals surface area contributed by atoms with Crippen molar-refractivity contribution in [2.24, 2.45) is 0 Å². The van der Waals surface area contributed by atoms with Crippen molar-refractivity contribution < 1.29 is 9.53 Å². The number of benzene rings is 1. The fourth-order valence-electron chi connectivity index (χ4n) is 3.79. The van der Waals surface area contributed by atoms with Gasteiger partial charge in [-0.3, -0.25) is 9.69 Å². The number of methoxy groups -OCH3 is 1. The summed E-state index contributed by atoms with van der Waals surface area (Å²) < 4.78 is 6.19. The molecule has 0 radical (unpaired) electrons. The minimum atomic E-state index is -0.0259. The van der Waals surface area contributed by atoms with Crippen molar-refractivity contribution in [3.8, 4) is 0 Å². The Bertz CT molecular complexity index is 1100. The topological polar surface area (TPSA) is 84.6 Å². The van der Waals surface area contributed by atoms with Crippen molar-refractivity contribution in [1.29, 1.82) is 0 Å². The molecule has 3 aromatic rings. The predicted octanol–water partition coefficient (Wildman–Crippen LogP) is 3.30. The molecular formula is C22H24ClN5O2S. The predicted molar refractivity (Wildman–Crippen MR) is 125 cm³/mol. The maximum atomic E-state index is 13.0. The Morgan fingerprint density at radius 1 is 1.32 bits per heavy atom. The van der Waals surface area contributed by atoms with Gasteiger partial charge in [0.2, 0.25) is 5.91 Å². The summed E-state index contributed by atoms with van der Waals surface area (Å²) in [5, 5.41) is 0.814. The number of fused-ring (bicyclic) bond motifs is 1. The van der Waals surface area contributed by atoms with E-state index in [9.17, 15) is 4.79 Å². The highest BCUT2D eigenvalue weighted by Crippen LogP contribution is 2.23. The number of aromatic nitrogens is 2. The lowest BCUT2D eigenvalue weighted by molar-refractivity contribution is -0.142. The second kappa shape index (κ2) is 9.74. The number of rotatable bonds is 7. The minimum absolute atomic E-state index is 0.0259. The second-order valence-electron chi connectivity index (χ2n) is 7.48. The smallest absolute Gasteiger partial charge is 0.237 e. The Kier molecular flexibility index (Phi) is 6.82. The van der Waals surface area contributed by atoms with Gasteiger partial charge in [-0.1, -0.05) is 23.7 Å². The van der Waals surface area contributed by atoms with Gasteiger partial charge < -0.3 is 15.4 Å². The lowest BCUT2D eigenvalue weighted by Crippen LogP contribution is -2.57. The Hall–Kier alpha value is -2.52. The van der Waals surface area contributed by atoms with Crippen LogP contribution in [0.15, 0.2) is 42.7 Å². The van der Waals surface area contributed by atoms with Crippen molar-refractivity contribution in [2.45, 2.75) is 12.6 Å². The van der Waals surface area contributed by atoms with Crippen LogP contribution in [0.1, 0.15) is 10.4 Å². The SMILES string of the molecule is COCC1CN(CC=Cc2ccc(Cl)s2)CC(=O)N1Cc1ccc2c(N)ncnc2c1. The van der Waals surface area contributed by atoms with Crippen molar-refractivity contribution >= 4 is 51.6 Å². The maximum Gasteiger partial charge on any atom is 0.237 e. The van der Waals surface area contributed by atoms with Crippen LogP contribution in [0, 0.1) is 0 Å². The Labute approximate surface area is 190 Å². The molecule has 1 fully saturated rings. The molecule has 3 heterocycles. The molecule has 9 heteroatoms. The van der Waals surface area contributed by atoms with E-state index in [1.807, 2.05) is 41.3 Å². The monoisotopic (exact) mass is 457 g/mol. The molecule has 162 valence electrons. The van der Waals surface area contributed by atoms with E-state index < -0.39 is 0 Å². The second-order valence-corrected chi connectivity index (χ2v) is 9.23. The van der Waals surface area contributed by atoms with Crippen molar-refractivity contribution in [1.82, 2.24) is 19.8 Å². The summed E-state index contributed by atoms with van der Waals surface area (Å²) in [6.45, 7) is 2.80. The molecule has 31 heavy (non-hydrogen) atoms. The molecule has 4 rings (SSSR count). The number of hydrogen-bond donors (Lipinski definition) is 1. The van der Waals surface area contributed by atoms with E-state index in [0.717, 1.165) is 32.2 Å². The number of carbonyl (C=O) groups excluding carboxylic acids is 1.